The molecule has 6 heteroatoms. The van der Waals surface area contributed by atoms with Crippen LogP contribution in [-0.2, 0) is 4.79 Å². The number of carbonyl (C=O) groups excluding carboxylic acids is 1. The number of thiazole rings is 1. The van der Waals surface area contributed by atoms with E-state index in [1.165, 1.54) is 0 Å². The molecule has 0 unspecified atom stereocenters. The number of hydrogen-bond acceptors (Lipinski definition) is 5. The lowest BCUT2D eigenvalue weighted by Crippen LogP contribution is -2.29. The molecule has 2 aromatic carbocycles. The number of aromatic nitrogens is 1. The van der Waals surface area contributed by atoms with Crippen molar-refractivity contribution in [1.82, 2.24) is 4.98 Å². The Morgan fingerprint density at radius 3 is 2.91 bits per heavy atom. The highest BCUT2D eigenvalue weighted by Crippen LogP contribution is 2.27. The van der Waals surface area contributed by atoms with Gasteiger partial charge in [-0.1, -0.05) is 29.5 Å². The first-order valence-corrected chi connectivity index (χ1v) is 7.84. The SMILES string of the molecule is CN(CC(=O)Nc1cccc(C#N)c1)c1nc2ccccc2s1. The van der Waals surface area contributed by atoms with Crippen molar-refractivity contribution in [1.29, 1.82) is 5.26 Å². The van der Waals surface area contributed by atoms with Gasteiger partial charge >= 0.3 is 0 Å². The van der Waals surface area contributed by atoms with Gasteiger partial charge in [-0.15, -0.1) is 0 Å². The van der Waals surface area contributed by atoms with Gasteiger partial charge in [0.25, 0.3) is 0 Å². The minimum absolute atomic E-state index is 0.151. The summed E-state index contributed by atoms with van der Waals surface area (Å²) in [5.41, 5.74) is 2.07. The Morgan fingerprint density at radius 1 is 1.30 bits per heavy atom. The Kier molecular flexibility index (Phi) is 4.22. The smallest absolute Gasteiger partial charge is 0.243 e. The van der Waals surface area contributed by atoms with Crippen LogP contribution in [0.5, 0.6) is 0 Å². The Morgan fingerprint density at radius 2 is 2.13 bits per heavy atom. The van der Waals surface area contributed by atoms with Crippen LogP contribution in [0.25, 0.3) is 10.2 Å². The number of fused-ring (bicyclic) bond motifs is 1. The minimum atomic E-state index is -0.151. The van der Waals surface area contributed by atoms with Gasteiger partial charge in [0.1, 0.15) is 0 Å². The molecule has 1 N–H and O–H groups in total. The van der Waals surface area contributed by atoms with Crippen molar-refractivity contribution >= 4 is 38.3 Å². The summed E-state index contributed by atoms with van der Waals surface area (Å²) >= 11 is 1.55. The van der Waals surface area contributed by atoms with Crippen LogP contribution in [0.4, 0.5) is 10.8 Å². The third-order valence-electron chi connectivity index (χ3n) is 3.27. The van der Waals surface area contributed by atoms with E-state index in [1.807, 2.05) is 36.2 Å². The van der Waals surface area contributed by atoms with E-state index < -0.39 is 0 Å². The van der Waals surface area contributed by atoms with Crippen LogP contribution in [-0.4, -0.2) is 24.5 Å². The summed E-state index contributed by atoms with van der Waals surface area (Å²) in [6.07, 6.45) is 0. The van der Waals surface area contributed by atoms with E-state index in [-0.39, 0.29) is 12.5 Å². The lowest BCUT2D eigenvalue weighted by Gasteiger charge is -2.15. The topological polar surface area (TPSA) is 69.0 Å². The molecule has 0 spiro atoms. The average Bonchev–Trinajstić information content (AvgIpc) is 2.99. The molecule has 0 saturated carbocycles. The zero-order valence-corrected chi connectivity index (χ0v) is 13.3. The fraction of sp³-hybridized carbons (Fsp3) is 0.118. The molecule has 114 valence electrons. The van der Waals surface area contributed by atoms with Crippen molar-refractivity contribution in [3.8, 4) is 6.07 Å². The van der Waals surface area contributed by atoms with Crippen molar-refractivity contribution in [2.75, 3.05) is 23.8 Å². The van der Waals surface area contributed by atoms with Gasteiger partial charge in [-0.25, -0.2) is 4.98 Å². The molecule has 1 amide bonds. The van der Waals surface area contributed by atoms with Gasteiger partial charge in [0.05, 0.1) is 28.4 Å². The minimum Gasteiger partial charge on any atom is -0.342 e. The Hall–Kier alpha value is -2.91. The van der Waals surface area contributed by atoms with Crippen LogP contribution in [0.2, 0.25) is 0 Å². The van der Waals surface area contributed by atoms with E-state index in [2.05, 4.69) is 16.4 Å². The predicted molar refractivity (Wildman–Crippen MR) is 92.7 cm³/mol. The van der Waals surface area contributed by atoms with Crippen LogP contribution in [0.15, 0.2) is 48.5 Å². The summed E-state index contributed by atoms with van der Waals surface area (Å²) in [5.74, 6) is -0.151. The van der Waals surface area contributed by atoms with Crippen molar-refractivity contribution in [3.05, 3.63) is 54.1 Å². The fourth-order valence-corrected chi connectivity index (χ4v) is 3.10. The van der Waals surface area contributed by atoms with E-state index in [4.69, 9.17) is 5.26 Å². The van der Waals surface area contributed by atoms with Gasteiger partial charge in [0.15, 0.2) is 5.13 Å². The number of likely N-dealkylation sites (N-methyl/N-ethyl adjacent to an activating group) is 1. The maximum absolute atomic E-state index is 12.2. The number of nitrogens with zero attached hydrogens (tertiary/aromatic N) is 3. The number of benzene rings is 2. The van der Waals surface area contributed by atoms with Gasteiger partial charge in [0, 0.05) is 12.7 Å². The number of anilines is 2. The number of nitriles is 1. The van der Waals surface area contributed by atoms with E-state index >= 15 is 0 Å². The lowest BCUT2D eigenvalue weighted by atomic mass is 10.2. The average molecular weight is 322 g/mol. The maximum atomic E-state index is 12.2. The second kappa shape index (κ2) is 6.46. The molecule has 0 radical (unpaired) electrons. The van der Waals surface area contributed by atoms with Crippen molar-refractivity contribution in [2.45, 2.75) is 0 Å². The molecule has 0 aliphatic rings. The molecule has 5 nitrogen and oxygen atoms in total. The first kappa shape index (κ1) is 15.0. The summed E-state index contributed by atoms with van der Waals surface area (Å²) in [4.78, 5) is 18.5. The third kappa shape index (κ3) is 3.47. The molecular formula is C17H14N4OS. The number of carbonyl (C=O) groups is 1. The molecule has 1 heterocycles. The van der Waals surface area contributed by atoms with E-state index in [0.29, 0.717) is 11.3 Å². The molecule has 0 bridgehead atoms. The molecule has 0 fully saturated rings. The van der Waals surface area contributed by atoms with Crippen molar-refractivity contribution < 1.29 is 4.79 Å². The van der Waals surface area contributed by atoms with E-state index in [9.17, 15) is 4.79 Å². The number of rotatable bonds is 4. The maximum Gasteiger partial charge on any atom is 0.243 e. The van der Waals surface area contributed by atoms with Crippen LogP contribution < -0.4 is 10.2 Å². The molecule has 0 saturated heterocycles. The van der Waals surface area contributed by atoms with E-state index in [1.54, 1.807) is 35.6 Å². The standard InChI is InChI=1S/C17H14N4OS/c1-21(17-20-14-7-2-3-8-15(14)23-17)11-16(22)19-13-6-4-5-12(9-13)10-18/h2-9H,11H2,1H3,(H,19,22). The van der Waals surface area contributed by atoms with E-state index in [0.717, 1.165) is 15.3 Å². The molecule has 1 aromatic heterocycles. The highest BCUT2D eigenvalue weighted by Gasteiger charge is 2.12. The molecular weight excluding hydrogens is 308 g/mol. The highest BCUT2D eigenvalue weighted by atomic mass is 32.1. The lowest BCUT2D eigenvalue weighted by molar-refractivity contribution is -0.114. The monoisotopic (exact) mass is 322 g/mol. The first-order chi connectivity index (χ1) is 11.2. The fourth-order valence-electron chi connectivity index (χ4n) is 2.17. The number of para-hydroxylation sites is 1. The zero-order valence-electron chi connectivity index (χ0n) is 12.5. The van der Waals surface area contributed by atoms with Crippen LogP contribution in [0.3, 0.4) is 0 Å². The van der Waals surface area contributed by atoms with Crippen LogP contribution >= 0.6 is 11.3 Å². The molecule has 23 heavy (non-hydrogen) atoms. The normalized spacial score (nSPS) is 10.3. The molecule has 0 aliphatic carbocycles. The molecule has 3 aromatic rings. The third-order valence-corrected chi connectivity index (χ3v) is 4.42. The molecule has 3 rings (SSSR count). The Bertz CT molecular complexity index is 864. The van der Waals surface area contributed by atoms with Gasteiger partial charge in [-0.2, -0.15) is 5.26 Å². The molecule has 0 aliphatic heterocycles. The largest absolute Gasteiger partial charge is 0.342 e. The second-order valence-electron chi connectivity index (χ2n) is 5.06. The van der Waals surface area contributed by atoms with Crippen molar-refractivity contribution in [3.63, 3.8) is 0 Å². The van der Waals surface area contributed by atoms with Crippen LogP contribution in [0, 0.1) is 11.3 Å². The van der Waals surface area contributed by atoms with Gasteiger partial charge in [-0.05, 0) is 30.3 Å². The highest BCUT2D eigenvalue weighted by molar-refractivity contribution is 7.22. The Balaban J connectivity index is 1.68. The predicted octanol–water partition coefficient (Wildman–Crippen LogP) is 3.24. The summed E-state index contributed by atoms with van der Waals surface area (Å²) in [6.45, 7) is 0.191. The number of amides is 1. The number of nitrogens with one attached hydrogen (secondary N) is 1. The van der Waals surface area contributed by atoms with Gasteiger partial charge in [0.2, 0.25) is 5.91 Å². The zero-order chi connectivity index (χ0) is 16.2. The second-order valence-corrected chi connectivity index (χ2v) is 6.07. The molecule has 0 atom stereocenters. The summed E-state index contributed by atoms with van der Waals surface area (Å²) in [5, 5.41) is 12.5. The van der Waals surface area contributed by atoms with Crippen molar-refractivity contribution in [2.24, 2.45) is 0 Å². The summed E-state index contributed by atoms with van der Waals surface area (Å²) in [7, 11) is 1.84. The summed E-state index contributed by atoms with van der Waals surface area (Å²) < 4.78 is 1.09. The van der Waals surface area contributed by atoms with Crippen LogP contribution in [0.1, 0.15) is 5.56 Å². The quantitative estimate of drug-likeness (QED) is 0.800. The number of hydrogen-bond donors (Lipinski definition) is 1. The van der Waals surface area contributed by atoms with Gasteiger partial charge in [-0.3, -0.25) is 4.79 Å². The van der Waals surface area contributed by atoms with Gasteiger partial charge < -0.3 is 10.2 Å². The Labute approximate surface area is 137 Å². The summed E-state index contributed by atoms with van der Waals surface area (Å²) in [6, 6.07) is 16.8. The first-order valence-electron chi connectivity index (χ1n) is 7.02.